The maximum Gasteiger partial charge on any atom is 0.251 e. The molecule has 0 radical (unpaired) electrons. The Balaban J connectivity index is 1.69. The Morgan fingerprint density at radius 3 is 2.63 bits per heavy atom. The van der Waals surface area contributed by atoms with Crippen LogP contribution in [0.1, 0.15) is 49.4 Å². The summed E-state index contributed by atoms with van der Waals surface area (Å²) < 4.78 is 28.3. The molecule has 3 rings (SSSR count). The van der Waals surface area contributed by atoms with E-state index in [-0.39, 0.29) is 5.91 Å². The number of aromatic nitrogens is 2. The third-order valence-electron chi connectivity index (χ3n) is 4.56. The van der Waals surface area contributed by atoms with Crippen molar-refractivity contribution < 1.29 is 13.6 Å². The van der Waals surface area contributed by atoms with E-state index in [4.69, 9.17) is 0 Å². The summed E-state index contributed by atoms with van der Waals surface area (Å²) in [4.78, 5) is 16.6. The number of hydrogen-bond acceptors (Lipinski definition) is 2. The van der Waals surface area contributed by atoms with Crippen molar-refractivity contribution in [2.24, 2.45) is 0 Å². The molecule has 0 unspecified atom stereocenters. The van der Waals surface area contributed by atoms with Gasteiger partial charge in [-0.1, -0.05) is 32.6 Å². The Kier molecular flexibility index (Phi) is 6.16. The van der Waals surface area contributed by atoms with E-state index in [9.17, 15) is 13.6 Å². The van der Waals surface area contributed by atoms with Gasteiger partial charge in [0.25, 0.3) is 5.91 Å². The second-order valence-corrected chi connectivity index (χ2v) is 6.59. The van der Waals surface area contributed by atoms with Gasteiger partial charge in [-0.3, -0.25) is 9.36 Å². The second kappa shape index (κ2) is 8.75. The number of nitrogens with one attached hydrogen (secondary N) is 1. The summed E-state index contributed by atoms with van der Waals surface area (Å²) in [6.07, 6.45) is 7.24. The lowest BCUT2D eigenvalue weighted by atomic mass is 10.1. The van der Waals surface area contributed by atoms with E-state index in [1.54, 1.807) is 22.8 Å². The highest BCUT2D eigenvalue weighted by Crippen LogP contribution is 2.21. The van der Waals surface area contributed by atoms with E-state index in [2.05, 4.69) is 17.2 Å². The van der Waals surface area contributed by atoms with Gasteiger partial charge < -0.3 is 5.32 Å². The van der Waals surface area contributed by atoms with Gasteiger partial charge in [0, 0.05) is 18.2 Å². The van der Waals surface area contributed by atoms with Gasteiger partial charge in [-0.15, -0.1) is 0 Å². The number of imidazole rings is 1. The van der Waals surface area contributed by atoms with E-state index < -0.39 is 11.6 Å². The van der Waals surface area contributed by atoms with Crippen LogP contribution in [-0.4, -0.2) is 22.0 Å². The van der Waals surface area contributed by atoms with E-state index in [1.165, 1.54) is 31.7 Å². The average molecular weight is 371 g/mol. The van der Waals surface area contributed by atoms with Crippen LogP contribution in [0.15, 0.2) is 42.7 Å². The molecule has 142 valence electrons. The fraction of sp³-hybridized carbons (Fsp3) is 0.333. The van der Waals surface area contributed by atoms with Crippen molar-refractivity contribution in [2.75, 3.05) is 6.54 Å². The van der Waals surface area contributed by atoms with Gasteiger partial charge in [-0.05, 0) is 36.8 Å². The first-order valence-electron chi connectivity index (χ1n) is 9.31. The Morgan fingerprint density at radius 2 is 1.85 bits per heavy atom. The summed E-state index contributed by atoms with van der Waals surface area (Å²) >= 11 is 0. The van der Waals surface area contributed by atoms with Gasteiger partial charge in [0.15, 0.2) is 11.6 Å². The van der Waals surface area contributed by atoms with Crippen molar-refractivity contribution in [3.8, 4) is 5.69 Å². The predicted molar refractivity (Wildman–Crippen MR) is 102 cm³/mol. The Labute approximate surface area is 157 Å². The van der Waals surface area contributed by atoms with Crippen molar-refractivity contribution in [3.63, 3.8) is 0 Å². The van der Waals surface area contributed by atoms with Crippen LogP contribution >= 0.6 is 0 Å². The quantitative estimate of drug-likeness (QED) is 0.566. The van der Waals surface area contributed by atoms with Crippen LogP contribution in [0.5, 0.6) is 0 Å². The van der Waals surface area contributed by atoms with Gasteiger partial charge in [0.2, 0.25) is 0 Å². The Bertz CT molecular complexity index is 936. The topological polar surface area (TPSA) is 46.9 Å². The highest BCUT2D eigenvalue weighted by molar-refractivity contribution is 5.97. The zero-order chi connectivity index (χ0) is 19.2. The van der Waals surface area contributed by atoms with Gasteiger partial charge in [0.1, 0.15) is 6.33 Å². The molecule has 1 N–H and O–H groups in total. The summed E-state index contributed by atoms with van der Waals surface area (Å²) in [5.74, 6) is -1.93. The van der Waals surface area contributed by atoms with Crippen molar-refractivity contribution in [1.82, 2.24) is 14.9 Å². The number of carbonyl (C=O) groups excluding carboxylic acids is 1. The smallest absolute Gasteiger partial charge is 0.251 e. The van der Waals surface area contributed by atoms with Gasteiger partial charge in [-0.2, -0.15) is 0 Å². The van der Waals surface area contributed by atoms with Crippen molar-refractivity contribution >= 4 is 16.9 Å². The standard InChI is InChI=1S/C21H23F2N3O/c1-2-3-4-5-6-11-24-21(27)15-7-10-20-19(12-15)25-14-26(20)16-8-9-17(22)18(23)13-16/h7-10,12-14H,2-6,11H2,1H3,(H,24,27). The molecule has 2 aromatic carbocycles. The number of nitrogens with zero attached hydrogens (tertiary/aromatic N) is 2. The summed E-state index contributed by atoms with van der Waals surface area (Å²) in [6, 6.07) is 8.87. The third kappa shape index (κ3) is 4.51. The maximum atomic E-state index is 13.5. The number of rotatable bonds is 8. The first-order chi connectivity index (χ1) is 13.1. The normalized spacial score (nSPS) is 11.1. The maximum absolute atomic E-state index is 13.5. The molecule has 3 aromatic rings. The molecule has 0 spiro atoms. The molecule has 0 aliphatic heterocycles. The fourth-order valence-electron chi connectivity index (χ4n) is 3.03. The van der Waals surface area contributed by atoms with Gasteiger partial charge >= 0.3 is 0 Å². The monoisotopic (exact) mass is 371 g/mol. The lowest BCUT2D eigenvalue weighted by Gasteiger charge is -2.07. The highest BCUT2D eigenvalue weighted by Gasteiger charge is 2.11. The molecular formula is C21H23F2N3O. The summed E-state index contributed by atoms with van der Waals surface area (Å²) in [5, 5.41) is 2.93. The molecule has 1 aromatic heterocycles. The number of fused-ring (bicyclic) bond motifs is 1. The Morgan fingerprint density at radius 1 is 1.04 bits per heavy atom. The third-order valence-corrected chi connectivity index (χ3v) is 4.56. The van der Waals surface area contributed by atoms with E-state index in [0.717, 1.165) is 30.5 Å². The minimum atomic E-state index is -0.913. The summed E-state index contributed by atoms with van der Waals surface area (Å²) in [6.45, 7) is 2.83. The molecule has 4 nitrogen and oxygen atoms in total. The number of halogens is 2. The molecule has 1 heterocycles. The molecule has 0 aliphatic rings. The lowest BCUT2D eigenvalue weighted by Crippen LogP contribution is -2.24. The van der Waals surface area contributed by atoms with E-state index in [1.807, 2.05) is 0 Å². The first-order valence-corrected chi connectivity index (χ1v) is 9.31. The summed E-state index contributed by atoms with van der Waals surface area (Å²) in [7, 11) is 0. The zero-order valence-corrected chi connectivity index (χ0v) is 15.3. The number of benzene rings is 2. The van der Waals surface area contributed by atoms with Gasteiger partial charge in [-0.25, -0.2) is 13.8 Å². The number of amides is 1. The largest absolute Gasteiger partial charge is 0.352 e. The van der Waals surface area contributed by atoms with E-state index in [0.29, 0.717) is 23.3 Å². The predicted octanol–water partition coefficient (Wildman–Crippen LogP) is 5.00. The van der Waals surface area contributed by atoms with Crippen LogP contribution < -0.4 is 5.32 Å². The number of unbranched alkanes of at least 4 members (excludes halogenated alkanes) is 4. The van der Waals surface area contributed by atoms with E-state index >= 15 is 0 Å². The molecule has 0 fully saturated rings. The first kappa shape index (κ1) is 19.0. The van der Waals surface area contributed by atoms with Crippen molar-refractivity contribution in [1.29, 1.82) is 0 Å². The van der Waals surface area contributed by atoms with Gasteiger partial charge in [0.05, 0.1) is 16.7 Å². The van der Waals surface area contributed by atoms with Crippen LogP contribution in [0.2, 0.25) is 0 Å². The molecule has 6 heteroatoms. The average Bonchev–Trinajstić information content (AvgIpc) is 3.10. The van der Waals surface area contributed by atoms with Crippen molar-refractivity contribution in [2.45, 2.75) is 39.0 Å². The molecule has 0 atom stereocenters. The molecule has 0 saturated heterocycles. The molecule has 0 saturated carbocycles. The number of carbonyl (C=O) groups is 1. The molecule has 1 amide bonds. The van der Waals surface area contributed by atoms with Crippen LogP contribution in [0, 0.1) is 11.6 Å². The SMILES string of the molecule is CCCCCCCNC(=O)c1ccc2c(c1)ncn2-c1ccc(F)c(F)c1. The minimum absolute atomic E-state index is 0.130. The zero-order valence-electron chi connectivity index (χ0n) is 15.3. The van der Waals surface area contributed by atoms with Crippen LogP contribution in [0.25, 0.3) is 16.7 Å². The highest BCUT2D eigenvalue weighted by atomic mass is 19.2. The van der Waals surface area contributed by atoms with Crippen LogP contribution in [-0.2, 0) is 0 Å². The molecule has 0 aliphatic carbocycles. The molecule has 0 bridgehead atoms. The molecular weight excluding hydrogens is 348 g/mol. The van der Waals surface area contributed by atoms with Crippen molar-refractivity contribution in [3.05, 3.63) is 59.9 Å². The second-order valence-electron chi connectivity index (χ2n) is 6.59. The van der Waals surface area contributed by atoms with Crippen LogP contribution in [0.4, 0.5) is 8.78 Å². The fourth-order valence-corrected chi connectivity index (χ4v) is 3.03. The minimum Gasteiger partial charge on any atom is -0.352 e. The number of hydrogen-bond donors (Lipinski definition) is 1. The van der Waals surface area contributed by atoms with Crippen LogP contribution in [0.3, 0.4) is 0 Å². The molecule has 27 heavy (non-hydrogen) atoms. The summed E-state index contributed by atoms with van der Waals surface area (Å²) in [5.41, 5.74) is 2.35. The lowest BCUT2D eigenvalue weighted by molar-refractivity contribution is 0.0953. The Hall–Kier alpha value is -2.76.